The summed E-state index contributed by atoms with van der Waals surface area (Å²) in [5.74, 6) is 2.95. The Kier molecular flexibility index (Phi) is 5.22. The quantitative estimate of drug-likeness (QED) is 0.442. The molecule has 0 radical (unpaired) electrons. The largest absolute Gasteiger partial charge is 0.337 e. The molecule has 3 rings (SSSR count). The Bertz CT molecular complexity index is 1010. The van der Waals surface area contributed by atoms with Crippen LogP contribution in [0.4, 0.5) is 23.8 Å². The molecule has 0 spiro atoms. The van der Waals surface area contributed by atoms with Gasteiger partial charge in [-0.3, -0.25) is 0 Å². The first kappa shape index (κ1) is 17.1. The van der Waals surface area contributed by atoms with Gasteiger partial charge in [0, 0.05) is 7.05 Å². The Labute approximate surface area is 178 Å². The van der Waals surface area contributed by atoms with Crippen LogP contribution in [0.25, 0.3) is 0 Å². The highest BCUT2D eigenvalue weighted by molar-refractivity contribution is 5.38. The van der Waals surface area contributed by atoms with E-state index in [1.54, 1.807) is 46.6 Å². The summed E-state index contributed by atoms with van der Waals surface area (Å²) in [5.41, 5.74) is 0. The normalized spacial score (nSPS) is 12.0. The van der Waals surface area contributed by atoms with Crippen LogP contribution in [0.5, 0.6) is 0 Å². The fraction of sp³-hybridized carbons (Fsp3) is 0.471. The Morgan fingerprint density at radius 2 is 1.00 bits per heavy atom. The second-order valence-electron chi connectivity index (χ2n) is 6.40. The second-order valence-corrected chi connectivity index (χ2v) is 6.40. The van der Waals surface area contributed by atoms with E-state index < -0.39 is 0 Å². The topological polar surface area (TPSA) is 155 Å². The van der Waals surface area contributed by atoms with Crippen molar-refractivity contribution in [2.75, 3.05) is 41.2 Å². The molecule has 158 valence electrons. The van der Waals surface area contributed by atoms with Crippen molar-refractivity contribution >= 4 is 23.8 Å². The lowest BCUT2D eigenvalue weighted by atomic mass is 10.6. The summed E-state index contributed by atoms with van der Waals surface area (Å²) < 4.78 is 24.8. The van der Waals surface area contributed by atoms with Gasteiger partial charge >= 0.3 is 0 Å². The fourth-order valence-corrected chi connectivity index (χ4v) is 2.43. The van der Waals surface area contributed by atoms with E-state index in [9.17, 15) is 0 Å². The van der Waals surface area contributed by atoms with E-state index >= 15 is 0 Å². The van der Waals surface area contributed by atoms with Crippen LogP contribution in [0.1, 0.15) is 29.1 Å². The molecule has 0 fully saturated rings. The van der Waals surface area contributed by atoms with E-state index in [0.29, 0.717) is 35.1 Å². The third-order valence-corrected chi connectivity index (χ3v) is 3.61. The molecule has 3 N–H and O–H groups in total. The Morgan fingerprint density at radius 1 is 0.600 bits per heavy atom. The van der Waals surface area contributed by atoms with Crippen molar-refractivity contribution in [3.05, 3.63) is 29.1 Å². The Balaban J connectivity index is 1.74. The number of nitrogens with zero attached hydrogens (tertiary/aromatic N) is 10. The zero-order chi connectivity index (χ0) is 24.3. The summed E-state index contributed by atoms with van der Waals surface area (Å²) in [5, 5.41) is 2.87. The molecule has 0 atom stereocenters. The van der Waals surface area contributed by atoms with Gasteiger partial charge in [0.1, 0.15) is 29.1 Å². The first-order chi connectivity index (χ1) is 15.5. The number of aryl methyl sites for hydroxylation is 5. The maximum Gasteiger partial charge on any atom is 0.229 e. The van der Waals surface area contributed by atoms with Crippen LogP contribution in [-0.4, -0.2) is 65.2 Å². The van der Waals surface area contributed by atoms with Gasteiger partial charge in [0.2, 0.25) is 23.8 Å². The average Bonchev–Trinajstić information content (AvgIpc) is 2.71. The maximum absolute atomic E-state index is 8.37. The minimum absolute atomic E-state index is 0.0241. The molecule has 0 amide bonds. The van der Waals surface area contributed by atoms with Crippen molar-refractivity contribution < 1.29 is 4.24 Å². The third-order valence-electron chi connectivity index (χ3n) is 3.61. The molecule has 0 bridgehead atoms. The van der Waals surface area contributed by atoms with Crippen LogP contribution < -0.4 is 20.8 Å². The number of rotatable bonds is 8. The van der Waals surface area contributed by atoms with Crippen molar-refractivity contribution in [2.24, 2.45) is 0 Å². The first-order valence-corrected chi connectivity index (χ1v) is 9.13. The van der Waals surface area contributed by atoms with Gasteiger partial charge in [0.15, 0.2) is 4.24 Å². The number of anilines is 4. The molecule has 13 nitrogen and oxygen atoms in total. The van der Waals surface area contributed by atoms with Crippen molar-refractivity contribution in [3.63, 3.8) is 0 Å². The van der Waals surface area contributed by atoms with Crippen LogP contribution in [0, 0.1) is 34.6 Å². The van der Waals surface area contributed by atoms with Gasteiger partial charge in [0.25, 0.3) is 0 Å². The van der Waals surface area contributed by atoms with E-state index in [0.717, 1.165) is 15.9 Å². The van der Waals surface area contributed by atoms with E-state index in [-0.39, 0.29) is 31.2 Å². The predicted molar refractivity (Wildman–Crippen MR) is 112 cm³/mol. The summed E-state index contributed by atoms with van der Waals surface area (Å²) in [7, 11) is 1.73. The standard InChI is InChI=1S/C17H25N13/c1-9-21-10(2)24-14(23-9)18-7-19-15-25-13(5)26-16(29-15)20-8-30(6)17-27-11(3)22-12(4)28-17/h7-8H2,1-6H3,(H,18,21,23,24)(H2,19,20,25,26,29)/i/hT3. The molecule has 0 saturated carbocycles. The highest BCUT2D eigenvalue weighted by Crippen LogP contribution is 2.08. The van der Waals surface area contributed by atoms with Gasteiger partial charge in [-0.15, -0.1) is 0 Å². The van der Waals surface area contributed by atoms with E-state index in [4.69, 9.17) is 4.24 Å². The van der Waals surface area contributed by atoms with Crippen molar-refractivity contribution in [2.45, 2.75) is 34.6 Å². The molecule has 3 aromatic heterocycles. The monoisotopic (exact) mass is 417 g/mol. The van der Waals surface area contributed by atoms with Gasteiger partial charge < -0.3 is 20.8 Å². The van der Waals surface area contributed by atoms with E-state index in [2.05, 4.69) is 44.9 Å². The van der Waals surface area contributed by atoms with Crippen molar-refractivity contribution in [1.82, 2.24) is 44.9 Å². The summed E-state index contributed by atoms with van der Waals surface area (Å²) >= 11 is 0. The molecule has 3 aromatic rings. The maximum atomic E-state index is 8.37. The third kappa shape index (κ3) is 5.86. The predicted octanol–water partition coefficient (Wildman–Crippen LogP) is 0.771. The van der Waals surface area contributed by atoms with Gasteiger partial charge in [-0.2, -0.15) is 34.9 Å². The van der Waals surface area contributed by atoms with Crippen LogP contribution in [0.2, 0.25) is 4.24 Å². The fourth-order valence-electron chi connectivity index (χ4n) is 2.43. The highest BCUT2D eigenvalue weighted by atomic mass is 15.3. The molecular weight excluding hydrogens is 386 g/mol. The lowest BCUT2D eigenvalue weighted by Gasteiger charge is -2.18. The number of aromatic nitrogens is 9. The smallest absolute Gasteiger partial charge is 0.229 e. The molecule has 0 aliphatic heterocycles. The summed E-state index contributed by atoms with van der Waals surface area (Å²) in [6.45, 7) is 8.38. The molecule has 0 aliphatic carbocycles. The van der Waals surface area contributed by atoms with E-state index in [1.807, 2.05) is 0 Å². The van der Waals surface area contributed by atoms with Crippen molar-refractivity contribution in [3.8, 4) is 0 Å². The van der Waals surface area contributed by atoms with Gasteiger partial charge in [-0.05, 0) is 34.6 Å². The molecule has 0 unspecified atom stereocenters. The summed E-state index contributed by atoms with van der Waals surface area (Å²) in [4.78, 5) is 39.2. The van der Waals surface area contributed by atoms with E-state index in [1.165, 1.54) is 0 Å². The molecule has 0 saturated heterocycles. The van der Waals surface area contributed by atoms with Crippen LogP contribution in [0.15, 0.2) is 0 Å². The van der Waals surface area contributed by atoms with Crippen LogP contribution >= 0.6 is 0 Å². The molecular formula is C17H25N13. The number of hydrogen-bond acceptors (Lipinski definition) is 13. The minimum atomic E-state index is -0.243. The highest BCUT2D eigenvalue weighted by Gasteiger charge is 2.09. The number of nitrogens with one attached hydrogen (secondary N) is 3. The second kappa shape index (κ2) is 9.15. The summed E-state index contributed by atoms with van der Waals surface area (Å²) in [6, 6.07) is 0. The van der Waals surface area contributed by atoms with Gasteiger partial charge in [-0.1, -0.05) is 0 Å². The average molecular weight is 418 g/mol. The lowest BCUT2D eigenvalue weighted by molar-refractivity contribution is 0.836. The number of hydrogen-bond donors (Lipinski definition) is 3. The zero-order valence-electron chi connectivity index (χ0n) is 20.7. The molecule has 0 aliphatic rings. The van der Waals surface area contributed by atoms with Crippen LogP contribution in [-0.2, 0) is 0 Å². The molecule has 0 aromatic carbocycles. The molecule has 13 heteroatoms. The SMILES string of the molecule is [3H]N(CN([3H])c1nc(C)nc(N([3H])CN(C)c2nc(C)nc(C)n2)n1)c1nc(C)nc(C)n1. The van der Waals surface area contributed by atoms with Gasteiger partial charge in [-0.25, -0.2) is 9.97 Å². The lowest BCUT2D eigenvalue weighted by Crippen LogP contribution is -2.28. The zero-order valence-corrected chi connectivity index (χ0v) is 17.7. The first-order valence-electron chi connectivity index (χ1n) is 10.5. The van der Waals surface area contributed by atoms with Crippen LogP contribution in [0.3, 0.4) is 0 Å². The minimum Gasteiger partial charge on any atom is -0.337 e. The Hall–Kier alpha value is -3.77. The van der Waals surface area contributed by atoms with Gasteiger partial charge in [0.05, 0.1) is 13.3 Å². The Morgan fingerprint density at radius 3 is 1.53 bits per heavy atom. The molecule has 30 heavy (non-hydrogen) atoms. The molecule has 3 heterocycles. The summed E-state index contributed by atoms with van der Waals surface area (Å²) in [6.07, 6.45) is 0. The van der Waals surface area contributed by atoms with Crippen molar-refractivity contribution in [1.29, 1.82) is 0 Å².